The fourth-order valence-corrected chi connectivity index (χ4v) is 8.56. The third-order valence-electron chi connectivity index (χ3n) is 11.2. The summed E-state index contributed by atoms with van der Waals surface area (Å²) in [5.74, 6) is 1.81. The van der Waals surface area contributed by atoms with E-state index in [1.54, 1.807) is 0 Å². The minimum atomic E-state index is 0.584. The second-order valence-electron chi connectivity index (χ2n) is 14.4. The van der Waals surface area contributed by atoms with E-state index in [4.69, 9.17) is 19.4 Å². The number of aromatic nitrogens is 4. The molecule has 260 valence electrons. The summed E-state index contributed by atoms with van der Waals surface area (Å²) in [7, 11) is 0. The minimum absolute atomic E-state index is 0.584. The summed E-state index contributed by atoms with van der Waals surface area (Å²) < 4.78 is 9.25. The number of hydrogen-bond acceptors (Lipinski definition) is 4. The molecule has 3 aromatic heterocycles. The standard InChI is InChI=1S/C51H30N4O/c1-2-14-33(15-3-1)49-52-50(37-23-22-31-12-4-5-16-34(31)28-37)54-51(53-49)41-26-27-45-46(40-25-24-32-13-8-9-19-38(32)48(40)56-45)47(41)55-43-21-11-10-20-39(43)42-29-35-17-6-7-18-36(35)30-44(42)55/h1-30H. The van der Waals surface area contributed by atoms with E-state index in [9.17, 15) is 0 Å². The molecule has 3 heterocycles. The lowest BCUT2D eigenvalue weighted by molar-refractivity contribution is 0.672. The SMILES string of the molecule is c1ccc(-c2nc(-c3ccc4ccccc4c3)nc(-c3ccc4oc5c6ccccc6ccc5c4c3-n3c4ccccc4c4cc5ccccc5cc43)n2)cc1. The molecule has 0 aliphatic carbocycles. The average Bonchev–Trinajstić information content (AvgIpc) is 3.81. The van der Waals surface area contributed by atoms with Gasteiger partial charge in [-0.25, -0.2) is 15.0 Å². The van der Waals surface area contributed by atoms with Crippen molar-refractivity contribution in [2.24, 2.45) is 0 Å². The Labute approximate surface area is 320 Å². The van der Waals surface area contributed by atoms with Gasteiger partial charge >= 0.3 is 0 Å². The van der Waals surface area contributed by atoms with Crippen molar-refractivity contribution in [1.29, 1.82) is 0 Å². The van der Waals surface area contributed by atoms with Gasteiger partial charge in [0.2, 0.25) is 0 Å². The first-order valence-electron chi connectivity index (χ1n) is 18.9. The van der Waals surface area contributed by atoms with Crippen LogP contribution in [0.1, 0.15) is 0 Å². The van der Waals surface area contributed by atoms with Crippen molar-refractivity contribution >= 4 is 76.1 Å². The summed E-state index contributed by atoms with van der Waals surface area (Å²) in [4.78, 5) is 15.8. The Kier molecular flexibility index (Phi) is 6.56. The summed E-state index contributed by atoms with van der Waals surface area (Å²) in [6.45, 7) is 0. The van der Waals surface area contributed by atoms with Crippen LogP contribution < -0.4 is 0 Å². The molecule has 0 aliphatic rings. The van der Waals surface area contributed by atoms with Crippen LogP contribution in [0.3, 0.4) is 0 Å². The summed E-state index contributed by atoms with van der Waals surface area (Å²) in [6, 6.07) is 63.9. The highest BCUT2D eigenvalue weighted by Gasteiger charge is 2.25. The van der Waals surface area contributed by atoms with Gasteiger partial charge in [-0.2, -0.15) is 0 Å². The third kappa shape index (κ3) is 4.64. The monoisotopic (exact) mass is 714 g/mol. The summed E-state index contributed by atoms with van der Waals surface area (Å²) in [5, 5.41) is 11.3. The highest BCUT2D eigenvalue weighted by atomic mass is 16.3. The van der Waals surface area contributed by atoms with E-state index in [1.165, 1.54) is 26.9 Å². The molecular formula is C51H30N4O. The number of para-hydroxylation sites is 1. The molecule has 0 saturated heterocycles. The van der Waals surface area contributed by atoms with E-state index in [0.29, 0.717) is 17.5 Å². The fraction of sp³-hybridized carbons (Fsp3) is 0. The van der Waals surface area contributed by atoms with Gasteiger partial charge in [0.15, 0.2) is 17.5 Å². The van der Waals surface area contributed by atoms with Gasteiger partial charge in [0.25, 0.3) is 0 Å². The molecule has 0 aliphatic heterocycles. The number of nitrogens with zero attached hydrogens (tertiary/aromatic N) is 4. The molecule has 0 fully saturated rings. The molecule has 0 amide bonds. The van der Waals surface area contributed by atoms with Gasteiger partial charge in [-0.15, -0.1) is 0 Å². The normalized spacial score (nSPS) is 11.9. The Balaban J connectivity index is 1.24. The number of benzene rings is 9. The Morgan fingerprint density at radius 2 is 1.00 bits per heavy atom. The van der Waals surface area contributed by atoms with Gasteiger partial charge in [-0.1, -0.05) is 140 Å². The Morgan fingerprint density at radius 3 is 1.82 bits per heavy atom. The van der Waals surface area contributed by atoms with Crippen molar-refractivity contribution < 1.29 is 4.42 Å². The molecule has 0 atom stereocenters. The lowest BCUT2D eigenvalue weighted by Crippen LogP contribution is -2.04. The van der Waals surface area contributed by atoms with E-state index >= 15 is 0 Å². The lowest BCUT2D eigenvalue weighted by Gasteiger charge is -2.16. The fourth-order valence-electron chi connectivity index (χ4n) is 8.56. The van der Waals surface area contributed by atoms with Gasteiger partial charge in [-0.05, 0) is 69.4 Å². The van der Waals surface area contributed by atoms with Crippen molar-refractivity contribution in [3.05, 3.63) is 182 Å². The highest BCUT2D eigenvalue weighted by Crippen LogP contribution is 2.45. The van der Waals surface area contributed by atoms with Gasteiger partial charge in [0, 0.05) is 38.2 Å². The number of furan rings is 1. The second kappa shape index (κ2) is 11.9. The maximum absolute atomic E-state index is 6.85. The van der Waals surface area contributed by atoms with Crippen molar-refractivity contribution in [2.45, 2.75) is 0 Å². The molecule has 0 N–H and O–H groups in total. The van der Waals surface area contributed by atoms with E-state index in [-0.39, 0.29) is 0 Å². The Morgan fingerprint density at radius 1 is 0.375 bits per heavy atom. The predicted molar refractivity (Wildman–Crippen MR) is 230 cm³/mol. The van der Waals surface area contributed by atoms with Crippen molar-refractivity contribution in [3.63, 3.8) is 0 Å². The van der Waals surface area contributed by atoms with Crippen LogP contribution in [-0.2, 0) is 0 Å². The van der Waals surface area contributed by atoms with Crippen LogP contribution in [0.5, 0.6) is 0 Å². The predicted octanol–water partition coefficient (Wildman–Crippen LogP) is 13.3. The van der Waals surface area contributed by atoms with Crippen LogP contribution in [0.4, 0.5) is 0 Å². The molecule has 5 nitrogen and oxygen atoms in total. The van der Waals surface area contributed by atoms with E-state index in [0.717, 1.165) is 71.5 Å². The van der Waals surface area contributed by atoms with Crippen LogP contribution in [0.15, 0.2) is 186 Å². The highest BCUT2D eigenvalue weighted by molar-refractivity contribution is 6.21. The zero-order valence-corrected chi connectivity index (χ0v) is 30.0. The Bertz CT molecular complexity index is 3540. The number of rotatable bonds is 4. The summed E-state index contributed by atoms with van der Waals surface area (Å²) in [5.41, 5.74) is 7.54. The topological polar surface area (TPSA) is 56.7 Å². The molecule has 56 heavy (non-hydrogen) atoms. The molecule has 0 radical (unpaired) electrons. The van der Waals surface area contributed by atoms with Crippen molar-refractivity contribution in [2.75, 3.05) is 0 Å². The molecule has 12 aromatic rings. The van der Waals surface area contributed by atoms with Gasteiger partial charge in [-0.3, -0.25) is 0 Å². The molecule has 0 unspecified atom stereocenters. The first kappa shape index (κ1) is 30.8. The molecule has 12 rings (SSSR count). The molecule has 9 aromatic carbocycles. The lowest BCUT2D eigenvalue weighted by atomic mass is 10.0. The molecule has 0 spiro atoms. The molecule has 0 bridgehead atoms. The van der Waals surface area contributed by atoms with Gasteiger partial charge in [0.05, 0.1) is 22.1 Å². The zero-order valence-electron chi connectivity index (χ0n) is 30.0. The number of fused-ring (bicyclic) bond motifs is 10. The van der Waals surface area contributed by atoms with E-state index in [1.807, 2.05) is 18.2 Å². The summed E-state index contributed by atoms with van der Waals surface area (Å²) >= 11 is 0. The zero-order chi connectivity index (χ0) is 36.7. The maximum atomic E-state index is 6.85. The van der Waals surface area contributed by atoms with Crippen LogP contribution >= 0.6 is 0 Å². The minimum Gasteiger partial charge on any atom is -0.455 e. The molecule has 0 saturated carbocycles. The quantitative estimate of drug-likeness (QED) is 0.182. The van der Waals surface area contributed by atoms with Gasteiger partial charge < -0.3 is 8.98 Å². The first-order chi connectivity index (χ1) is 27.7. The Hall–Kier alpha value is -7.63. The maximum Gasteiger partial charge on any atom is 0.166 e. The summed E-state index contributed by atoms with van der Waals surface area (Å²) in [6.07, 6.45) is 0. The molecule has 5 heteroatoms. The van der Waals surface area contributed by atoms with Crippen molar-refractivity contribution in [1.82, 2.24) is 19.5 Å². The van der Waals surface area contributed by atoms with Crippen LogP contribution in [0, 0.1) is 0 Å². The van der Waals surface area contributed by atoms with E-state index < -0.39 is 0 Å². The largest absolute Gasteiger partial charge is 0.455 e. The molecular weight excluding hydrogens is 685 g/mol. The van der Waals surface area contributed by atoms with Crippen LogP contribution in [0.2, 0.25) is 0 Å². The first-order valence-corrected chi connectivity index (χ1v) is 18.9. The smallest absolute Gasteiger partial charge is 0.166 e. The van der Waals surface area contributed by atoms with Crippen LogP contribution in [-0.4, -0.2) is 19.5 Å². The second-order valence-corrected chi connectivity index (χ2v) is 14.4. The third-order valence-corrected chi connectivity index (χ3v) is 11.2. The average molecular weight is 715 g/mol. The van der Waals surface area contributed by atoms with Crippen LogP contribution in [0.25, 0.3) is 116 Å². The van der Waals surface area contributed by atoms with E-state index in [2.05, 4.69) is 168 Å². The van der Waals surface area contributed by atoms with Crippen molar-refractivity contribution in [3.8, 4) is 39.9 Å². The number of hydrogen-bond donors (Lipinski definition) is 0. The van der Waals surface area contributed by atoms with Gasteiger partial charge in [0.1, 0.15) is 11.2 Å².